The van der Waals surface area contributed by atoms with E-state index < -0.39 is 0 Å². The van der Waals surface area contributed by atoms with Crippen LogP contribution in [0.5, 0.6) is 0 Å². The Bertz CT molecular complexity index is 210. The summed E-state index contributed by atoms with van der Waals surface area (Å²) in [5.41, 5.74) is 0. The lowest BCUT2D eigenvalue weighted by atomic mass is 9.96. The lowest BCUT2D eigenvalue weighted by Gasteiger charge is -2.30. The van der Waals surface area contributed by atoms with Crippen LogP contribution in [0.2, 0.25) is 0 Å². The summed E-state index contributed by atoms with van der Waals surface area (Å²) in [6.07, 6.45) is 1.62. The first-order chi connectivity index (χ1) is 7.18. The highest BCUT2D eigenvalue weighted by molar-refractivity contribution is 4.85. The maximum Gasteiger partial charge on any atom is 0.0702 e. The largest absolute Gasteiger partial charge is 0.377 e. The standard InChI is InChI=1S/C12H24N2O/c1-9-6-13-7-11(9)8-14(3)12-4-5-15-10(12)2/h9-13H,4-8H2,1-3H3/t9-,10?,11+,12?/m1/s1. The smallest absolute Gasteiger partial charge is 0.0702 e. The van der Waals surface area contributed by atoms with Gasteiger partial charge >= 0.3 is 0 Å². The van der Waals surface area contributed by atoms with E-state index in [9.17, 15) is 0 Å². The van der Waals surface area contributed by atoms with E-state index in [1.807, 2.05) is 0 Å². The van der Waals surface area contributed by atoms with Crippen molar-refractivity contribution in [3.05, 3.63) is 0 Å². The predicted molar refractivity (Wildman–Crippen MR) is 62.0 cm³/mol. The molecule has 3 heteroatoms. The second-order valence-corrected chi connectivity index (χ2v) is 5.27. The zero-order valence-corrected chi connectivity index (χ0v) is 10.2. The van der Waals surface area contributed by atoms with Crippen molar-refractivity contribution in [1.82, 2.24) is 10.2 Å². The van der Waals surface area contributed by atoms with Crippen LogP contribution < -0.4 is 5.32 Å². The molecule has 2 rings (SSSR count). The van der Waals surface area contributed by atoms with Gasteiger partial charge in [0.05, 0.1) is 6.10 Å². The molecule has 0 spiro atoms. The molecular formula is C12H24N2O. The van der Waals surface area contributed by atoms with Crippen LogP contribution >= 0.6 is 0 Å². The summed E-state index contributed by atoms with van der Waals surface area (Å²) < 4.78 is 5.62. The highest BCUT2D eigenvalue weighted by Crippen LogP contribution is 2.22. The summed E-state index contributed by atoms with van der Waals surface area (Å²) in [5, 5.41) is 3.47. The fraction of sp³-hybridized carbons (Fsp3) is 1.00. The van der Waals surface area contributed by atoms with E-state index in [-0.39, 0.29) is 0 Å². The van der Waals surface area contributed by atoms with Gasteiger partial charge in [0, 0.05) is 19.2 Å². The molecular weight excluding hydrogens is 188 g/mol. The van der Waals surface area contributed by atoms with Crippen LogP contribution in [0, 0.1) is 11.8 Å². The topological polar surface area (TPSA) is 24.5 Å². The fourth-order valence-electron chi connectivity index (χ4n) is 2.91. The van der Waals surface area contributed by atoms with Crippen molar-refractivity contribution in [2.75, 3.05) is 33.3 Å². The molecule has 2 saturated heterocycles. The van der Waals surface area contributed by atoms with E-state index in [2.05, 4.69) is 31.1 Å². The van der Waals surface area contributed by atoms with E-state index in [0.29, 0.717) is 12.1 Å². The first-order valence-electron chi connectivity index (χ1n) is 6.21. The van der Waals surface area contributed by atoms with Crippen LogP contribution in [0.4, 0.5) is 0 Å². The Morgan fingerprint density at radius 3 is 2.67 bits per heavy atom. The first-order valence-corrected chi connectivity index (χ1v) is 6.21. The quantitative estimate of drug-likeness (QED) is 0.754. The summed E-state index contributed by atoms with van der Waals surface area (Å²) in [6.45, 7) is 9.08. The molecule has 0 radical (unpaired) electrons. The first kappa shape index (κ1) is 11.4. The molecule has 0 aromatic rings. The third-order valence-corrected chi connectivity index (χ3v) is 4.10. The average Bonchev–Trinajstić information content (AvgIpc) is 2.76. The number of nitrogens with zero attached hydrogens (tertiary/aromatic N) is 1. The van der Waals surface area contributed by atoms with Crippen molar-refractivity contribution < 1.29 is 4.74 Å². The highest BCUT2D eigenvalue weighted by atomic mass is 16.5. The summed E-state index contributed by atoms with van der Waals surface area (Å²) in [6, 6.07) is 0.637. The lowest BCUT2D eigenvalue weighted by molar-refractivity contribution is 0.0770. The van der Waals surface area contributed by atoms with E-state index in [4.69, 9.17) is 4.74 Å². The van der Waals surface area contributed by atoms with Crippen molar-refractivity contribution in [1.29, 1.82) is 0 Å². The molecule has 0 saturated carbocycles. The molecule has 0 aliphatic carbocycles. The number of ether oxygens (including phenoxy) is 1. The molecule has 2 fully saturated rings. The Labute approximate surface area is 93.2 Å². The van der Waals surface area contributed by atoms with Gasteiger partial charge < -0.3 is 15.0 Å². The van der Waals surface area contributed by atoms with Crippen molar-refractivity contribution in [2.45, 2.75) is 32.4 Å². The van der Waals surface area contributed by atoms with Crippen LogP contribution in [0.1, 0.15) is 20.3 Å². The molecule has 0 aromatic carbocycles. The molecule has 15 heavy (non-hydrogen) atoms. The number of rotatable bonds is 3. The van der Waals surface area contributed by atoms with Crippen LogP contribution in [0.15, 0.2) is 0 Å². The lowest BCUT2D eigenvalue weighted by Crippen LogP contribution is -2.40. The number of likely N-dealkylation sites (N-methyl/N-ethyl adjacent to an activating group) is 1. The second-order valence-electron chi connectivity index (χ2n) is 5.27. The molecule has 0 aromatic heterocycles. The molecule has 3 nitrogen and oxygen atoms in total. The van der Waals surface area contributed by atoms with E-state index in [0.717, 1.165) is 18.4 Å². The van der Waals surface area contributed by atoms with Crippen molar-refractivity contribution in [3.8, 4) is 0 Å². The third-order valence-electron chi connectivity index (χ3n) is 4.10. The molecule has 1 N–H and O–H groups in total. The van der Waals surface area contributed by atoms with E-state index in [1.54, 1.807) is 0 Å². The van der Waals surface area contributed by atoms with Crippen molar-refractivity contribution in [3.63, 3.8) is 0 Å². The maximum atomic E-state index is 5.62. The van der Waals surface area contributed by atoms with Crippen LogP contribution in [-0.4, -0.2) is 50.3 Å². The van der Waals surface area contributed by atoms with Crippen molar-refractivity contribution >= 4 is 0 Å². The summed E-state index contributed by atoms with van der Waals surface area (Å²) in [7, 11) is 2.25. The Morgan fingerprint density at radius 2 is 2.13 bits per heavy atom. The van der Waals surface area contributed by atoms with Gasteiger partial charge in [-0.1, -0.05) is 6.92 Å². The van der Waals surface area contributed by atoms with Gasteiger partial charge in [0.15, 0.2) is 0 Å². The van der Waals surface area contributed by atoms with Gasteiger partial charge in [0.1, 0.15) is 0 Å². The average molecular weight is 212 g/mol. The van der Waals surface area contributed by atoms with E-state index in [1.165, 1.54) is 26.1 Å². The second kappa shape index (κ2) is 4.81. The monoisotopic (exact) mass is 212 g/mol. The molecule has 2 aliphatic rings. The Hall–Kier alpha value is -0.120. The minimum absolute atomic E-state index is 0.416. The third kappa shape index (κ3) is 2.52. The molecule has 2 aliphatic heterocycles. The van der Waals surface area contributed by atoms with Gasteiger partial charge in [-0.3, -0.25) is 0 Å². The minimum atomic E-state index is 0.416. The fourth-order valence-corrected chi connectivity index (χ4v) is 2.91. The molecule has 2 unspecified atom stereocenters. The zero-order chi connectivity index (χ0) is 10.8. The molecule has 0 amide bonds. The van der Waals surface area contributed by atoms with Crippen LogP contribution in [-0.2, 0) is 4.74 Å². The summed E-state index contributed by atoms with van der Waals surface area (Å²) in [5.74, 6) is 1.65. The molecule has 0 bridgehead atoms. The molecule has 88 valence electrons. The zero-order valence-electron chi connectivity index (χ0n) is 10.2. The van der Waals surface area contributed by atoms with Gasteiger partial charge in [-0.15, -0.1) is 0 Å². The van der Waals surface area contributed by atoms with Crippen LogP contribution in [0.3, 0.4) is 0 Å². The Balaban J connectivity index is 1.83. The van der Waals surface area contributed by atoms with Gasteiger partial charge in [0.2, 0.25) is 0 Å². The Morgan fingerprint density at radius 1 is 1.33 bits per heavy atom. The van der Waals surface area contributed by atoms with Gasteiger partial charge in [-0.2, -0.15) is 0 Å². The van der Waals surface area contributed by atoms with Crippen molar-refractivity contribution in [2.24, 2.45) is 11.8 Å². The van der Waals surface area contributed by atoms with E-state index >= 15 is 0 Å². The number of hydrogen-bond acceptors (Lipinski definition) is 3. The highest BCUT2D eigenvalue weighted by Gasteiger charge is 2.31. The SMILES string of the molecule is CC1OCCC1N(C)C[C@@H]1CNC[C@H]1C. The van der Waals surface area contributed by atoms with Crippen LogP contribution in [0.25, 0.3) is 0 Å². The summed E-state index contributed by atoms with van der Waals surface area (Å²) in [4.78, 5) is 2.51. The maximum absolute atomic E-state index is 5.62. The number of nitrogens with one attached hydrogen (secondary N) is 1. The van der Waals surface area contributed by atoms with Gasteiger partial charge in [-0.05, 0) is 45.3 Å². The normalized spacial score (nSPS) is 41.6. The molecule has 4 atom stereocenters. The molecule has 2 heterocycles. The van der Waals surface area contributed by atoms with Gasteiger partial charge in [-0.25, -0.2) is 0 Å². The van der Waals surface area contributed by atoms with Gasteiger partial charge in [0.25, 0.3) is 0 Å². The number of hydrogen-bond donors (Lipinski definition) is 1. The summed E-state index contributed by atoms with van der Waals surface area (Å²) >= 11 is 0. The predicted octanol–water partition coefficient (Wildman–Crippen LogP) is 0.951. The Kier molecular flexibility index (Phi) is 3.65. The minimum Gasteiger partial charge on any atom is -0.377 e.